The summed E-state index contributed by atoms with van der Waals surface area (Å²) in [7, 11) is -1.37. The molecule has 1 saturated heterocycles. The molecule has 1 unspecified atom stereocenters. The van der Waals surface area contributed by atoms with Crippen molar-refractivity contribution < 1.29 is 4.21 Å². The maximum atomic E-state index is 12.7. The molecule has 1 heterocycles. The molecule has 2 rings (SSSR count). The third kappa shape index (κ3) is 9.36. The molecule has 1 aliphatic rings. The van der Waals surface area contributed by atoms with E-state index in [2.05, 4.69) is 33.3 Å². The quantitative estimate of drug-likeness (QED) is 0.306. The lowest BCUT2D eigenvalue weighted by molar-refractivity contribution is 0.262. The van der Waals surface area contributed by atoms with Gasteiger partial charge in [0.05, 0.1) is 10.6 Å². The van der Waals surface area contributed by atoms with Gasteiger partial charge in [0.15, 0.2) is 0 Å². The van der Waals surface area contributed by atoms with Crippen LogP contribution in [0.25, 0.3) is 0 Å². The van der Waals surface area contributed by atoms with Crippen LogP contribution in [0.2, 0.25) is 0 Å². The molecule has 1 aromatic carbocycles. The molecule has 0 saturated carbocycles. The van der Waals surface area contributed by atoms with Gasteiger partial charge in [0, 0.05) is 50.2 Å². The summed E-state index contributed by atoms with van der Waals surface area (Å²) in [5.41, 5.74) is 2.51. The molecule has 0 aliphatic carbocycles. The van der Waals surface area contributed by atoms with Crippen molar-refractivity contribution in [2.75, 3.05) is 42.3 Å². The average Bonchev–Trinajstić information content (AvgIpc) is 2.86. The van der Waals surface area contributed by atoms with Crippen LogP contribution in [0.5, 0.6) is 0 Å². The fraction of sp³-hybridized carbons (Fsp3) is 0.370. The molecule has 0 spiro atoms. The highest BCUT2D eigenvalue weighted by Gasteiger charge is 2.20. The minimum atomic E-state index is -1.37. The summed E-state index contributed by atoms with van der Waals surface area (Å²) < 4.78 is 15.8. The van der Waals surface area contributed by atoms with Gasteiger partial charge >= 0.3 is 0 Å². The lowest BCUT2D eigenvalue weighted by Gasteiger charge is -2.37. The van der Waals surface area contributed by atoms with Gasteiger partial charge in [-0.25, -0.2) is 4.21 Å². The minimum Gasteiger partial charge on any atom is -0.368 e. The lowest BCUT2D eigenvalue weighted by atomic mass is 10.1. The van der Waals surface area contributed by atoms with Crippen molar-refractivity contribution in [3.8, 4) is 0 Å². The predicted octanol–water partition coefficient (Wildman–Crippen LogP) is 6.08. The second-order valence-electron chi connectivity index (χ2n) is 7.11. The summed E-state index contributed by atoms with van der Waals surface area (Å²) in [5.74, 6) is 0. The Kier molecular flexibility index (Phi) is 14.5. The van der Waals surface area contributed by atoms with E-state index in [-0.39, 0.29) is 0 Å². The number of hydrogen-bond acceptors (Lipinski definition) is 4. The van der Waals surface area contributed by atoms with E-state index in [0.29, 0.717) is 4.91 Å². The van der Waals surface area contributed by atoms with Crippen molar-refractivity contribution in [3.63, 3.8) is 0 Å². The zero-order valence-corrected chi connectivity index (χ0v) is 21.4. The lowest BCUT2D eigenvalue weighted by Crippen LogP contribution is -2.46. The standard InChI is InChI=1S/C25H34N4OS.C2H6/c1-4-7-8-9-10-11-16-28-17-19-29(20-18-28)25-15-12-14-24(23(25)21-26)27-31(30)22(6-3)13-5-2;1-2/h4-10,12-15,21,26-27H,1,11,16-20H2,2-3H3;1-2H3/b8-7-,10-9-,13-5-,22-6+,26-21?;. The smallest absolute Gasteiger partial charge is 0.149 e. The minimum absolute atomic E-state index is 0.714. The van der Waals surface area contributed by atoms with Gasteiger partial charge in [-0.2, -0.15) is 0 Å². The Morgan fingerprint density at radius 2 is 1.88 bits per heavy atom. The van der Waals surface area contributed by atoms with Crippen molar-refractivity contribution in [2.45, 2.75) is 34.1 Å². The molecule has 1 fully saturated rings. The summed E-state index contributed by atoms with van der Waals surface area (Å²) in [6, 6.07) is 5.89. The van der Waals surface area contributed by atoms with Crippen LogP contribution in [-0.2, 0) is 11.0 Å². The predicted molar refractivity (Wildman–Crippen MR) is 148 cm³/mol. The third-order valence-corrected chi connectivity index (χ3v) is 6.28. The fourth-order valence-electron chi connectivity index (χ4n) is 3.44. The molecule has 2 N–H and O–H groups in total. The maximum Gasteiger partial charge on any atom is 0.149 e. The molecule has 1 aliphatic heterocycles. The highest BCUT2D eigenvalue weighted by atomic mass is 32.2. The zero-order chi connectivity index (χ0) is 24.5. The number of nitrogens with zero attached hydrogens (tertiary/aromatic N) is 2. The number of hydrogen-bond donors (Lipinski definition) is 2. The van der Waals surface area contributed by atoms with Crippen LogP contribution in [0.4, 0.5) is 11.4 Å². The van der Waals surface area contributed by atoms with E-state index in [0.717, 1.165) is 56.1 Å². The van der Waals surface area contributed by atoms with Gasteiger partial charge in [-0.05, 0) is 38.5 Å². The first-order valence-corrected chi connectivity index (χ1v) is 12.8. The second kappa shape index (κ2) is 16.9. The van der Waals surface area contributed by atoms with Gasteiger partial charge in [-0.15, -0.1) is 0 Å². The van der Waals surface area contributed by atoms with Crippen LogP contribution < -0.4 is 9.62 Å². The summed E-state index contributed by atoms with van der Waals surface area (Å²) >= 11 is 0. The monoisotopic (exact) mass is 468 g/mol. The number of piperazine rings is 1. The van der Waals surface area contributed by atoms with Gasteiger partial charge in [0.2, 0.25) is 0 Å². The molecule has 0 bridgehead atoms. The van der Waals surface area contributed by atoms with Crippen LogP contribution >= 0.6 is 0 Å². The third-order valence-electron chi connectivity index (χ3n) is 5.08. The SMILES string of the molecule is C=C/C=C\C=C/CCN1CCN(c2cccc(NS(=O)C(/C=C\C)=C/C)c2C=N)CC1.CC. The van der Waals surface area contributed by atoms with Gasteiger partial charge in [-0.1, -0.05) is 69.0 Å². The van der Waals surface area contributed by atoms with Gasteiger partial charge in [0.25, 0.3) is 0 Å². The van der Waals surface area contributed by atoms with Gasteiger partial charge in [0.1, 0.15) is 11.0 Å². The molecular formula is C27H40N4OS. The number of allylic oxidation sites excluding steroid dienone is 7. The fourth-order valence-corrected chi connectivity index (χ4v) is 4.41. The molecule has 5 nitrogen and oxygen atoms in total. The van der Waals surface area contributed by atoms with Crippen LogP contribution in [0.1, 0.15) is 39.7 Å². The Balaban J connectivity index is 0.00000265. The van der Waals surface area contributed by atoms with E-state index in [1.165, 1.54) is 6.21 Å². The molecule has 180 valence electrons. The highest BCUT2D eigenvalue weighted by molar-refractivity contribution is 7.90. The first-order valence-electron chi connectivity index (χ1n) is 11.7. The topological polar surface area (TPSA) is 59.4 Å². The van der Waals surface area contributed by atoms with Gasteiger partial charge in [-0.3, -0.25) is 4.90 Å². The van der Waals surface area contributed by atoms with Gasteiger partial charge < -0.3 is 15.0 Å². The first kappa shape index (κ1) is 28.3. The molecule has 1 atom stereocenters. The molecule has 33 heavy (non-hydrogen) atoms. The van der Waals surface area contributed by atoms with E-state index in [9.17, 15) is 4.21 Å². The Morgan fingerprint density at radius 1 is 1.15 bits per heavy atom. The van der Waals surface area contributed by atoms with Crippen molar-refractivity contribution in [3.05, 3.63) is 83.9 Å². The number of benzene rings is 1. The molecule has 0 radical (unpaired) electrons. The second-order valence-corrected chi connectivity index (χ2v) is 8.32. The summed E-state index contributed by atoms with van der Waals surface area (Å²) in [6.45, 7) is 16.3. The Morgan fingerprint density at radius 3 is 2.48 bits per heavy atom. The molecular weight excluding hydrogens is 428 g/mol. The molecule has 0 amide bonds. The summed E-state index contributed by atoms with van der Waals surface area (Å²) in [5, 5.41) is 7.97. The normalized spacial score (nSPS) is 16.1. The number of nitrogens with one attached hydrogen (secondary N) is 2. The van der Waals surface area contributed by atoms with Crippen LogP contribution in [0, 0.1) is 5.41 Å². The van der Waals surface area contributed by atoms with E-state index >= 15 is 0 Å². The van der Waals surface area contributed by atoms with Crippen molar-refractivity contribution in [2.24, 2.45) is 0 Å². The Hall–Kier alpha value is -2.70. The molecule has 6 heteroatoms. The van der Waals surface area contributed by atoms with Crippen molar-refractivity contribution in [1.82, 2.24) is 4.90 Å². The Labute approximate surface area is 203 Å². The molecule has 1 aromatic rings. The largest absolute Gasteiger partial charge is 0.368 e. The summed E-state index contributed by atoms with van der Waals surface area (Å²) in [6.07, 6.45) is 17.9. The Bertz CT molecular complexity index is 878. The highest BCUT2D eigenvalue weighted by Crippen LogP contribution is 2.28. The van der Waals surface area contributed by atoms with E-state index in [1.807, 2.05) is 76.3 Å². The van der Waals surface area contributed by atoms with Crippen LogP contribution in [-0.4, -0.2) is 48.0 Å². The maximum absolute atomic E-state index is 12.7. The van der Waals surface area contributed by atoms with Crippen LogP contribution in [0.3, 0.4) is 0 Å². The summed E-state index contributed by atoms with van der Waals surface area (Å²) in [4.78, 5) is 5.50. The van der Waals surface area contributed by atoms with Crippen LogP contribution in [0.15, 0.2) is 78.3 Å². The van der Waals surface area contributed by atoms with Crippen molar-refractivity contribution >= 4 is 28.6 Å². The molecule has 0 aromatic heterocycles. The zero-order valence-electron chi connectivity index (χ0n) is 20.6. The van der Waals surface area contributed by atoms with E-state index in [4.69, 9.17) is 5.41 Å². The number of anilines is 2. The van der Waals surface area contributed by atoms with Crippen molar-refractivity contribution in [1.29, 1.82) is 5.41 Å². The first-order chi connectivity index (χ1) is 16.1. The van der Waals surface area contributed by atoms with E-state index in [1.54, 1.807) is 6.08 Å². The average molecular weight is 469 g/mol. The van der Waals surface area contributed by atoms with E-state index < -0.39 is 11.0 Å². The number of rotatable bonds is 11.